The first-order valence-electron chi connectivity index (χ1n) is 6.90. The monoisotopic (exact) mass is 412 g/mol. The van der Waals surface area contributed by atoms with Crippen molar-refractivity contribution in [3.8, 4) is 0 Å². The molecule has 0 fully saturated rings. The molecule has 0 unspecified atom stereocenters. The van der Waals surface area contributed by atoms with Gasteiger partial charge in [0.2, 0.25) is 0 Å². The highest BCUT2D eigenvalue weighted by molar-refractivity contribution is 9.33. The summed E-state index contributed by atoms with van der Waals surface area (Å²) in [7, 11) is 0. The molecule has 4 aromatic rings. The van der Waals surface area contributed by atoms with E-state index in [1.54, 1.807) is 0 Å². The zero-order chi connectivity index (χ0) is 15.3. The minimum absolute atomic E-state index is 0.0740. The Labute approximate surface area is 143 Å². The molecule has 106 valence electrons. The highest BCUT2D eigenvalue weighted by Gasteiger charge is 2.10. The highest BCUT2D eigenvalue weighted by atomic mass is 79.9. The van der Waals surface area contributed by atoms with Gasteiger partial charge in [0.1, 0.15) is 0 Å². The lowest BCUT2D eigenvalue weighted by molar-refractivity contribution is 1.75. The van der Waals surface area contributed by atoms with Gasteiger partial charge in [-0.1, -0.05) is 60.7 Å². The van der Waals surface area contributed by atoms with Crippen molar-refractivity contribution in [3.63, 3.8) is 0 Å². The Morgan fingerprint density at radius 3 is 1.95 bits per heavy atom. The predicted molar refractivity (Wildman–Crippen MR) is 102 cm³/mol. The molecule has 4 rings (SSSR count). The third kappa shape index (κ3) is 1.93. The number of benzene rings is 3. The first-order valence-corrected chi connectivity index (χ1v) is 8.48. The van der Waals surface area contributed by atoms with Crippen molar-refractivity contribution < 1.29 is 0 Å². The minimum atomic E-state index is 0.0740. The Bertz CT molecular complexity index is 1150. The molecule has 0 saturated carbocycles. The molecule has 4 aromatic carbocycles. The third-order valence-corrected chi connectivity index (χ3v) is 4.84. The van der Waals surface area contributed by atoms with Crippen LogP contribution in [0.25, 0.3) is 35.7 Å². The number of halogens is 2. The van der Waals surface area contributed by atoms with E-state index in [1.807, 2.05) is 54.6 Å². The van der Waals surface area contributed by atoms with Crippen LogP contribution in [0.5, 0.6) is 0 Å². The average molecular weight is 414 g/mol. The normalized spacial score (nSPS) is 11.4. The maximum atomic E-state index is 13.0. The molecule has 0 atom stereocenters. The van der Waals surface area contributed by atoms with Gasteiger partial charge >= 0.3 is 0 Å². The fourth-order valence-electron chi connectivity index (χ4n) is 3.13. The highest BCUT2D eigenvalue weighted by Crippen LogP contribution is 2.26. The van der Waals surface area contributed by atoms with Gasteiger partial charge in [0.15, 0.2) is 5.43 Å². The molecular formula is C19H10Br2O. The molecule has 3 heteroatoms. The van der Waals surface area contributed by atoms with E-state index in [-0.39, 0.29) is 5.43 Å². The average Bonchev–Trinajstić information content (AvgIpc) is 2.64. The fourth-order valence-corrected chi connectivity index (χ4v) is 3.99. The molecule has 0 spiro atoms. The standard InChI is InChI=1S/C19H10Br2O/c20-19(21)17-12-7-1-2-8-13(12)18(22)15-10-4-6-11-5-3-9-14(17)16(11)15/h1-10H. The van der Waals surface area contributed by atoms with Crippen molar-refractivity contribution in [3.05, 3.63) is 76.1 Å². The van der Waals surface area contributed by atoms with Crippen molar-refractivity contribution >= 4 is 67.6 Å². The van der Waals surface area contributed by atoms with E-state index in [0.29, 0.717) is 0 Å². The summed E-state index contributed by atoms with van der Waals surface area (Å²) in [4.78, 5) is 13.0. The van der Waals surface area contributed by atoms with Gasteiger partial charge < -0.3 is 0 Å². The van der Waals surface area contributed by atoms with E-state index < -0.39 is 0 Å². The summed E-state index contributed by atoms with van der Waals surface area (Å²) in [6.45, 7) is 0. The number of rotatable bonds is 0. The summed E-state index contributed by atoms with van der Waals surface area (Å²) in [6.07, 6.45) is 0. The summed E-state index contributed by atoms with van der Waals surface area (Å²) in [5.74, 6) is 0. The molecule has 0 N–H and O–H groups in total. The van der Waals surface area contributed by atoms with E-state index in [9.17, 15) is 4.79 Å². The predicted octanol–water partition coefficient (Wildman–Crippen LogP) is 5.08. The minimum Gasteiger partial charge on any atom is -0.289 e. The largest absolute Gasteiger partial charge is 0.289 e. The summed E-state index contributed by atoms with van der Waals surface area (Å²) in [5, 5.41) is 6.61. The van der Waals surface area contributed by atoms with E-state index in [2.05, 4.69) is 37.9 Å². The Kier molecular flexibility index (Phi) is 3.28. The lowest BCUT2D eigenvalue weighted by Crippen LogP contribution is -2.03. The first kappa shape index (κ1) is 13.9. The van der Waals surface area contributed by atoms with Crippen molar-refractivity contribution in [2.24, 2.45) is 0 Å². The zero-order valence-corrected chi connectivity index (χ0v) is 14.6. The van der Waals surface area contributed by atoms with Crippen LogP contribution < -0.4 is 10.6 Å². The maximum absolute atomic E-state index is 13.0. The summed E-state index contributed by atoms with van der Waals surface area (Å²) < 4.78 is 0.851. The van der Waals surface area contributed by atoms with Crippen LogP contribution in [-0.2, 0) is 0 Å². The van der Waals surface area contributed by atoms with Crippen LogP contribution in [0.2, 0.25) is 0 Å². The Morgan fingerprint density at radius 1 is 0.682 bits per heavy atom. The smallest absolute Gasteiger partial charge is 0.194 e. The second-order valence-corrected chi connectivity index (χ2v) is 7.87. The van der Waals surface area contributed by atoms with Gasteiger partial charge in [-0.2, -0.15) is 0 Å². The molecule has 0 aliphatic rings. The zero-order valence-electron chi connectivity index (χ0n) is 11.4. The second kappa shape index (κ2) is 5.18. The van der Waals surface area contributed by atoms with Crippen molar-refractivity contribution in [1.29, 1.82) is 0 Å². The number of fused-ring (bicyclic) bond motifs is 1. The molecule has 0 aliphatic heterocycles. The number of hydrogen-bond donors (Lipinski definition) is 0. The van der Waals surface area contributed by atoms with Gasteiger partial charge in [0.05, 0.1) is 3.39 Å². The van der Waals surface area contributed by atoms with Crippen molar-refractivity contribution in [1.82, 2.24) is 0 Å². The first-order chi connectivity index (χ1) is 10.7. The lowest BCUT2D eigenvalue weighted by Gasteiger charge is -2.01. The molecule has 0 bridgehead atoms. The van der Waals surface area contributed by atoms with Gasteiger partial charge in [0.25, 0.3) is 0 Å². The molecule has 0 heterocycles. The van der Waals surface area contributed by atoms with Gasteiger partial charge in [-0.3, -0.25) is 4.79 Å². The van der Waals surface area contributed by atoms with Crippen LogP contribution in [0.3, 0.4) is 0 Å². The second-order valence-electron chi connectivity index (χ2n) is 5.22. The molecule has 0 amide bonds. The van der Waals surface area contributed by atoms with Crippen LogP contribution in [0.15, 0.2) is 65.5 Å². The third-order valence-electron chi connectivity index (χ3n) is 4.05. The van der Waals surface area contributed by atoms with Gasteiger partial charge in [0, 0.05) is 21.4 Å². The van der Waals surface area contributed by atoms with Crippen molar-refractivity contribution in [2.75, 3.05) is 0 Å². The quantitative estimate of drug-likeness (QED) is 0.392. The molecule has 22 heavy (non-hydrogen) atoms. The molecule has 0 aliphatic carbocycles. The van der Waals surface area contributed by atoms with Gasteiger partial charge in [-0.25, -0.2) is 0 Å². The van der Waals surface area contributed by atoms with Gasteiger partial charge in [-0.05, 0) is 48.0 Å². The topological polar surface area (TPSA) is 17.1 Å². The maximum Gasteiger partial charge on any atom is 0.194 e. The lowest BCUT2D eigenvalue weighted by atomic mass is 10.0. The summed E-state index contributed by atoms with van der Waals surface area (Å²) in [5.41, 5.74) is 0.0740. The Hall–Kier alpha value is -1.71. The Morgan fingerprint density at radius 2 is 1.27 bits per heavy atom. The summed E-state index contributed by atoms with van der Waals surface area (Å²) in [6, 6.07) is 19.8. The van der Waals surface area contributed by atoms with Crippen molar-refractivity contribution in [2.45, 2.75) is 0 Å². The molecule has 0 aromatic heterocycles. The molecule has 0 saturated heterocycles. The fraction of sp³-hybridized carbons (Fsp3) is 0. The molecular weight excluding hydrogens is 404 g/mol. The van der Waals surface area contributed by atoms with E-state index in [4.69, 9.17) is 0 Å². The van der Waals surface area contributed by atoms with Crippen LogP contribution in [-0.4, -0.2) is 0 Å². The van der Waals surface area contributed by atoms with Gasteiger partial charge in [-0.15, -0.1) is 0 Å². The van der Waals surface area contributed by atoms with Crippen LogP contribution in [0, 0.1) is 0 Å². The summed E-state index contributed by atoms with van der Waals surface area (Å²) >= 11 is 7.12. The van der Waals surface area contributed by atoms with Crippen LogP contribution >= 0.6 is 31.9 Å². The van der Waals surface area contributed by atoms with Crippen LogP contribution in [0.4, 0.5) is 0 Å². The number of hydrogen-bond acceptors (Lipinski definition) is 1. The molecule has 1 nitrogen and oxygen atoms in total. The van der Waals surface area contributed by atoms with E-state index in [0.717, 1.165) is 40.9 Å². The van der Waals surface area contributed by atoms with E-state index in [1.165, 1.54) is 0 Å². The molecule has 0 radical (unpaired) electrons. The Balaban J connectivity index is 2.62. The SMILES string of the molecule is O=c1c2ccccc2c(=C(Br)Br)c2cccc3cccc1c32. The van der Waals surface area contributed by atoms with E-state index >= 15 is 0 Å². The van der Waals surface area contributed by atoms with Crippen LogP contribution in [0.1, 0.15) is 0 Å².